The van der Waals surface area contributed by atoms with Crippen LogP contribution in [0.4, 0.5) is 0 Å². The van der Waals surface area contributed by atoms with Crippen molar-refractivity contribution < 1.29 is 0 Å². The molecular weight excluding hydrogens is 152 g/mol. The van der Waals surface area contributed by atoms with E-state index in [9.17, 15) is 0 Å². The van der Waals surface area contributed by atoms with E-state index >= 15 is 0 Å². The lowest BCUT2D eigenvalue weighted by Gasteiger charge is -1.94. The van der Waals surface area contributed by atoms with Crippen molar-refractivity contribution >= 4 is 24.2 Å². The summed E-state index contributed by atoms with van der Waals surface area (Å²) in [6, 6.07) is 5.55. The third-order valence-electron chi connectivity index (χ3n) is 1.15. The van der Waals surface area contributed by atoms with Crippen LogP contribution in [0.2, 0.25) is 5.02 Å². The Labute approximate surface area is 65.3 Å². The fourth-order valence-corrected chi connectivity index (χ4v) is 1.01. The molecule has 2 heteroatoms. The molecule has 0 atom stereocenters. The molecule has 47 valence electrons. The van der Waals surface area contributed by atoms with Crippen LogP contribution in [0.5, 0.6) is 0 Å². The molecule has 0 amide bonds. The lowest BCUT2D eigenvalue weighted by Crippen LogP contribution is -1.73. The molecule has 0 nitrogen and oxygen atoms in total. The zero-order valence-electron chi connectivity index (χ0n) is 5.02. The van der Waals surface area contributed by atoms with Crippen molar-refractivity contribution in [1.29, 1.82) is 0 Å². The zero-order valence-corrected chi connectivity index (χ0v) is 6.59. The molecule has 0 heterocycles. The van der Waals surface area contributed by atoms with Gasteiger partial charge >= 0.3 is 0 Å². The third kappa shape index (κ3) is 1.57. The second-order valence-electron chi connectivity index (χ2n) is 1.91. The summed E-state index contributed by atoms with van der Waals surface area (Å²) in [4.78, 5) is 0.836. The highest BCUT2D eigenvalue weighted by atomic mass is 35.5. The Morgan fingerprint density at radius 1 is 1.44 bits per heavy atom. The number of aryl methyl sites for hydroxylation is 1. The van der Waals surface area contributed by atoms with E-state index in [-0.39, 0.29) is 0 Å². The van der Waals surface area contributed by atoms with Gasteiger partial charge in [0.1, 0.15) is 0 Å². The van der Waals surface area contributed by atoms with Crippen molar-refractivity contribution in [2.45, 2.75) is 11.8 Å². The first-order valence-electron chi connectivity index (χ1n) is 2.63. The first kappa shape index (κ1) is 6.84. The smallest absolute Gasteiger partial charge is 0.0421 e. The van der Waals surface area contributed by atoms with Gasteiger partial charge in [0.15, 0.2) is 0 Å². The average Bonchev–Trinajstić information content (AvgIpc) is 1.80. The number of hydrogen-bond donors (Lipinski definition) is 0. The van der Waals surface area contributed by atoms with Crippen molar-refractivity contribution in [2.24, 2.45) is 0 Å². The van der Waals surface area contributed by atoms with Crippen molar-refractivity contribution in [3.8, 4) is 0 Å². The quantitative estimate of drug-likeness (QED) is 0.543. The molecule has 1 radical (unpaired) electrons. The molecule has 0 fully saturated rings. The molecule has 0 saturated carbocycles. The predicted octanol–water partition coefficient (Wildman–Crippen LogP) is 3.20. The van der Waals surface area contributed by atoms with Crippen LogP contribution in [0.25, 0.3) is 0 Å². The first-order chi connectivity index (χ1) is 4.20. The van der Waals surface area contributed by atoms with Gasteiger partial charge in [-0.05, 0) is 24.6 Å². The van der Waals surface area contributed by atoms with Gasteiger partial charge in [-0.2, -0.15) is 0 Å². The molecule has 0 bridgehead atoms. The molecule has 0 aliphatic rings. The maximum atomic E-state index is 5.65. The summed E-state index contributed by atoms with van der Waals surface area (Å²) in [5, 5.41) is 0.714. The van der Waals surface area contributed by atoms with Crippen LogP contribution in [0.3, 0.4) is 0 Å². The van der Waals surface area contributed by atoms with Gasteiger partial charge in [0.25, 0.3) is 0 Å². The molecular formula is C7H6ClS. The van der Waals surface area contributed by atoms with Crippen LogP contribution in [0, 0.1) is 6.92 Å². The standard InChI is InChI=1S/C7H6ClS/c1-5-2-3-6(8)4-7(5)9/h2-4H,1H3. The van der Waals surface area contributed by atoms with Crippen LogP contribution >= 0.6 is 24.2 Å². The molecule has 9 heavy (non-hydrogen) atoms. The Hall–Kier alpha value is -0.270. The van der Waals surface area contributed by atoms with E-state index in [4.69, 9.17) is 24.2 Å². The fraction of sp³-hybridized carbons (Fsp3) is 0.143. The topological polar surface area (TPSA) is 0 Å². The Bertz CT molecular complexity index is 220. The maximum absolute atomic E-state index is 5.65. The predicted molar refractivity (Wildman–Crippen MR) is 42.0 cm³/mol. The molecule has 0 unspecified atom stereocenters. The molecule has 0 spiro atoms. The van der Waals surface area contributed by atoms with Gasteiger partial charge in [-0.3, -0.25) is 0 Å². The maximum Gasteiger partial charge on any atom is 0.0421 e. The summed E-state index contributed by atoms with van der Waals surface area (Å²) in [6.45, 7) is 1.97. The normalized spacial score (nSPS) is 9.56. The van der Waals surface area contributed by atoms with E-state index in [2.05, 4.69) is 0 Å². The van der Waals surface area contributed by atoms with E-state index in [1.807, 2.05) is 19.1 Å². The van der Waals surface area contributed by atoms with Gasteiger partial charge in [0.05, 0.1) is 0 Å². The van der Waals surface area contributed by atoms with Crippen molar-refractivity contribution in [3.63, 3.8) is 0 Å². The van der Waals surface area contributed by atoms with Crippen molar-refractivity contribution in [2.75, 3.05) is 0 Å². The molecule has 0 N–H and O–H groups in total. The summed E-state index contributed by atoms with van der Waals surface area (Å²) in [6.07, 6.45) is 0. The lowest BCUT2D eigenvalue weighted by molar-refractivity contribution is 1.31. The average molecular weight is 158 g/mol. The molecule has 0 aliphatic heterocycles. The highest BCUT2D eigenvalue weighted by Gasteiger charge is 1.92. The zero-order chi connectivity index (χ0) is 6.85. The molecule has 0 aliphatic carbocycles. The SMILES string of the molecule is Cc1ccc(Cl)cc1[S]. The minimum absolute atomic E-state index is 0.714. The molecule has 1 aromatic carbocycles. The summed E-state index contributed by atoms with van der Waals surface area (Å²) in [5.74, 6) is 0. The number of halogens is 1. The Kier molecular flexibility index (Phi) is 1.94. The molecule has 1 aromatic rings. The van der Waals surface area contributed by atoms with Crippen LogP contribution in [0.15, 0.2) is 23.1 Å². The van der Waals surface area contributed by atoms with E-state index in [1.54, 1.807) is 6.07 Å². The first-order valence-corrected chi connectivity index (χ1v) is 3.42. The second kappa shape index (κ2) is 2.54. The van der Waals surface area contributed by atoms with Gasteiger partial charge in [0.2, 0.25) is 0 Å². The largest absolute Gasteiger partial charge is 0.0843 e. The van der Waals surface area contributed by atoms with E-state index < -0.39 is 0 Å². The van der Waals surface area contributed by atoms with E-state index in [0.29, 0.717) is 5.02 Å². The fourth-order valence-electron chi connectivity index (χ4n) is 0.574. The van der Waals surface area contributed by atoms with E-state index in [0.717, 1.165) is 10.5 Å². The lowest BCUT2D eigenvalue weighted by atomic mass is 10.2. The van der Waals surface area contributed by atoms with Crippen molar-refractivity contribution in [3.05, 3.63) is 28.8 Å². The van der Waals surface area contributed by atoms with Gasteiger partial charge in [-0.1, -0.05) is 30.3 Å². The van der Waals surface area contributed by atoms with Crippen molar-refractivity contribution in [1.82, 2.24) is 0 Å². The van der Waals surface area contributed by atoms with Crippen LogP contribution < -0.4 is 0 Å². The minimum atomic E-state index is 0.714. The highest BCUT2D eigenvalue weighted by molar-refractivity contribution is 7.80. The van der Waals surface area contributed by atoms with Gasteiger partial charge in [-0.15, -0.1) is 0 Å². The number of rotatable bonds is 0. The third-order valence-corrected chi connectivity index (χ3v) is 1.83. The Morgan fingerprint density at radius 3 is 2.56 bits per heavy atom. The highest BCUT2D eigenvalue weighted by Crippen LogP contribution is 2.17. The summed E-state index contributed by atoms with van der Waals surface area (Å²) in [5.41, 5.74) is 1.11. The minimum Gasteiger partial charge on any atom is -0.0843 e. The van der Waals surface area contributed by atoms with Crippen LogP contribution in [0.1, 0.15) is 5.56 Å². The molecule has 0 saturated heterocycles. The van der Waals surface area contributed by atoms with Gasteiger partial charge in [-0.25, -0.2) is 0 Å². The molecule has 1 rings (SSSR count). The summed E-state index contributed by atoms with van der Waals surface area (Å²) >= 11 is 10.6. The number of hydrogen-bond acceptors (Lipinski definition) is 0. The van der Waals surface area contributed by atoms with Gasteiger partial charge < -0.3 is 0 Å². The summed E-state index contributed by atoms with van der Waals surface area (Å²) < 4.78 is 0. The van der Waals surface area contributed by atoms with E-state index in [1.165, 1.54) is 0 Å². The monoisotopic (exact) mass is 157 g/mol. The van der Waals surface area contributed by atoms with Crippen LogP contribution in [-0.4, -0.2) is 0 Å². The second-order valence-corrected chi connectivity index (χ2v) is 2.79. The Morgan fingerprint density at radius 2 is 2.11 bits per heavy atom. The van der Waals surface area contributed by atoms with Gasteiger partial charge in [0, 0.05) is 9.92 Å². The van der Waals surface area contributed by atoms with Crippen LogP contribution in [-0.2, 0) is 0 Å². The Balaban J connectivity index is 3.17. The summed E-state index contributed by atoms with van der Waals surface area (Å²) in [7, 11) is 0. The number of benzene rings is 1. The molecule has 0 aromatic heterocycles.